The highest BCUT2D eigenvalue weighted by Gasteiger charge is 2.06. The van der Waals surface area contributed by atoms with Crippen molar-refractivity contribution in [1.29, 1.82) is 0 Å². The molecule has 0 atom stereocenters. The lowest BCUT2D eigenvalue weighted by molar-refractivity contribution is 0.284. The van der Waals surface area contributed by atoms with Crippen LogP contribution >= 0.6 is 0 Å². The molecule has 0 fully saturated rings. The zero-order chi connectivity index (χ0) is 9.45. The second kappa shape index (κ2) is 6.20. The van der Waals surface area contributed by atoms with Crippen LogP contribution in [0.25, 0.3) is 0 Å². The molecule has 0 aliphatic heterocycles. The highest BCUT2D eigenvalue weighted by Crippen LogP contribution is 2.00. The summed E-state index contributed by atoms with van der Waals surface area (Å²) in [5, 5.41) is 8.43. The predicted octanol–water partition coefficient (Wildman–Crippen LogP) is 0.750. The van der Waals surface area contributed by atoms with E-state index in [0.717, 1.165) is 6.42 Å². The van der Waals surface area contributed by atoms with E-state index in [4.69, 9.17) is 5.11 Å². The van der Waals surface area contributed by atoms with Gasteiger partial charge in [0.15, 0.2) is 9.84 Å². The molecule has 0 amide bonds. The lowest BCUT2D eigenvalue weighted by atomic mass is 10.3. The maximum Gasteiger partial charge on any atom is 0.153 e. The summed E-state index contributed by atoms with van der Waals surface area (Å²) < 4.78 is 22.1. The molecule has 0 spiro atoms. The number of rotatable bonds is 7. The van der Waals surface area contributed by atoms with Crippen LogP contribution in [0.4, 0.5) is 0 Å². The van der Waals surface area contributed by atoms with Crippen molar-refractivity contribution in [3.8, 4) is 0 Å². The minimum atomic E-state index is -2.91. The van der Waals surface area contributed by atoms with Crippen LogP contribution in [0.3, 0.4) is 0 Å². The molecule has 4 heteroatoms. The average molecular weight is 192 g/mol. The third-order valence-corrected chi connectivity index (χ3v) is 3.14. The van der Waals surface area contributed by atoms with Gasteiger partial charge < -0.3 is 5.11 Å². The van der Waals surface area contributed by atoms with E-state index in [0.29, 0.717) is 12.8 Å². The van der Waals surface area contributed by atoms with E-state index in [1.165, 1.54) is 6.08 Å². The molecule has 0 saturated carbocycles. The van der Waals surface area contributed by atoms with Crippen LogP contribution in [-0.4, -0.2) is 31.6 Å². The molecule has 0 radical (unpaired) electrons. The highest BCUT2D eigenvalue weighted by molar-refractivity contribution is 7.91. The Morgan fingerprint density at radius 3 is 2.42 bits per heavy atom. The Bertz CT molecular complexity index is 206. The molecule has 12 heavy (non-hydrogen) atoms. The van der Waals surface area contributed by atoms with E-state index in [1.807, 2.05) is 0 Å². The molecule has 0 unspecified atom stereocenters. The van der Waals surface area contributed by atoms with Gasteiger partial charge in [-0.2, -0.15) is 0 Å². The van der Waals surface area contributed by atoms with Gasteiger partial charge in [-0.1, -0.05) is 12.5 Å². The third-order valence-electron chi connectivity index (χ3n) is 1.49. The number of aliphatic hydroxyl groups is 1. The molecule has 0 bridgehead atoms. The van der Waals surface area contributed by atoms with Crippen LogP contribution in [0.1, 0.15) is 19.3 Å². The Morgan fingerprint density at radius 2 is 1.92 bits per heavy atom. The van der Waals surface area contributed by atoms with Gasteiger partial charge in [-0.15, -0.1) is 6.58 Å². The van der Waals surface area contributed by atoms with Crippen molar-refractivity contribution >= 4 is 9.84 Å². The SMILES string of the molecule is C=CCS(=O)(=O)CCCCCO. The molecular weight excluding hydrogens is 176 g/mol. The number of unbranched alkanes of at least 4 members (excludes halogenated alkanes) is 2. The lowest BCUT2D eigenvalue weighted by Crippen LogP contribution is -2.09. The first-order valence-electron chi connectivity index (χ1n) is 4.04. The number of aliphatic hydroxyl groups excluding tert-OH is 1. The summed E-state index contributed by atoms with van der Waals surface area (Å²) in [6.07, 6.45) is 3.49. The molecular formula is C8H16O3S. The Kier molecular flexibility index (Phi) is 6.02. The molecule has 0 aliphatic rings. The molecule has 0 saturated heterocycles. The second-order valence-corrected chi connectivity index (χ2v) is 4.92. The molecule has 0 aromatic rings. The molecule has 72 valence electrons. The molecule has 0 rings (SSSR count). The fraction of sp³-hybridized carbons (Fsp3) is 0.750. The van der Waals surface area contributed by atoms with Crippen molar-refractivity contribution in [3.63, 3.8) is 0 Å². The molecule has 0 heterocycles. The van der Waals surface area contributed by atoms with E-state index in [1.54, 1.807) is 0 Å². The lowest BCUT2D eigenvalue weighted by Gasteiger charge is -1.99. The normalized spacial score (nSPS) is 11.4. The number of hydrogen-bond acceptors (Lipinski definition) is 3. The zero-order valence-electron chi connectivity index (χ0n) is 7.20. The van der Waals surface area contributed by atoms with Crippen LogP contribution in [0.2, 0.25) is 0 Å². The standard InChI is InChI=1S/C8H16O3S/c1-2-7-12(10,11)8-5-3-4-6-9/h2,9H,1,3-8H2. The van der Waals surface area contributed by atoms with Gasteiger partial charge in [-0.05, 0) is 12.8 Å². The maximum atomic E-state index is 11.1. The topological polar surface area (TPSA) is 54.4 Å². The molecule has 0 aliphatic carbocycles. The maximum absolute atomic E-state index is 11.1. The fourth-order valence-electron chi connectivity index (χ4n) is 0.873. The Hall–Kier alpha value is -0.350. The van der Waals surface area contributed by atoms with Crippen molar-refractivity contribution in [1.82, 2.24) is 0 Å². The number of hydrogen-bond donors (Lipinski definition) is 1. The summed E-state index contributed by atoms with van der Waals surface area (Å²) in [5.74, 6) is 0.269. The van der Waals surface area contributed by atoms with Gasteiger partial charge >= 0.3 is 0 Å². The summed E-state index contributed by atoms with van der Waals surface area (Å²) in [4.78, 5) is 0. The first-order valence-corrected chi connectivity index (χ1v) is 5.86. The van der Waals surface area contributed by atoms with Crippen molar-refractivity contribution < 1.29 is 13.5 Å². The van der Waals surface area contributed by atoms with Crippen molar-refractivity contribution in [2.45, 2.75) is 19.3 Å². The van der Waals surface area contributed by atoms with Crippen molar-refractivity contribution in [2.75, 3.05) is 18.1 Å². The summed E-state index contributed by atoms with van der Waals surface area (Å²) >= 11 is 0. The van der Waals surface area contributed by atoms with Crippen LogP contribution in [-0.2, 0) is 9.84 Å². The molecule has 1 N–H and O–H groups in total. The van der Waals surface area contributed by atoms with Gasteiger partial charge in [0.2, 0.25) is 0 Å². The summed E-state index contributed by atoms with van der Waals surface area (Å²) in [6.45, 7) is 3.51. The average Bonchev–Trinajstić information content (AvgIpc) is 1.98. The van der Waals surface area contributed by atoms with Crippen molar-refractivity contribution in [3.05, 3.63) is 12.7 Å². The number of sulfone groups is 1. The Morgan fingerprint density at radius 1 is 1.25 bits per heavy atom. The molecule has 0 aromatic heterocycles. The Labute approximate surface area is 74.0 Å². The second-order valence-electron chi connectivity index (χ2n) is 2.69. The van der Waals surface area contributed by atoms with Gasteiger partial charge in [0.25, 0.3) is 0 Å². The summed E-state index contributed by atoms with van der Waals surface area (Å²) in [5.41, 5.74) is 0. The fourth-order valence-corrected chi connectivity index (χ4v) is 2.04. The van der Waals surface area contributed by atoms with Gasteiger partial charge in [-0.3, -0.25) is 0 Å². The van der Waals surface area contributed by atoms with E-state index >= 15 is 0 Å². The quantitative estimate of drug-likeness (QED) is 0.478. The zero-order valence-corrected chi connectivity index (χ0v) is 8.02. The van der Waals surface area contributed by atoms with Crippen LogP contribution in [0, 0.1) is 0 Å². The van der Waals surface area contributed by atoms with E-state index in [9.17, 15) is 8.42 Å². The van der Waals surface area contributed by atoms with Crippen LogP contribution in [0.5, 0.6) is 0 Å². The monoisotopic (exact) mass is 192 g/mol. The largest absolute Gasteiger partial charge is 0.396 e. The van der Waals surface area contributed by atoms with Gasteiger partial charge in [0, 0.05) is 6.61 Å². The Balaban J connectivity index is 3.55. The molecule has 0 aromatic carbocycles. The minimum Gasteiger partial charge on any atom is -0.396 e. The predicted molar refractivity (Wildman–Crippen MR) is 49.8 cm³/mol. The molecule has 3 nitrogen and oxygen atoms in total. The van der Waals surface area contributed by atoms with E-state index in [2.05, 4.69) is 6.58 Å². The van der Waals surface area contributed by atoms with E-state index in [-0.39, 0.29) is 18.1 Å². The first-order chi connectivity index (χ1) is 5.62. The third kappa shape index (κ3) is 6.37. The van der Waals surface area contributed by atoms with Gasteiger partial charge in [0.05, 0.1) is 11.5 Å². The van der Waals surface area contributed by atoms with Crippen LogP contribution in [0.15, 0.2) is 12.7 Å². The highest BCUT2D eigenvalue weighted by atomic mass is 32.2. The van der Waals surface area contributed by atoms with E-state index < -0.39 is 9.84 Å². The smallest absolute Gasteiger partial charge is 0.153 e. The van der Waals surface area contributed by atoms with Crippen molar-refractivity contribution in [2.24, 2.45) is 0 Å². The van der Waals surface area contributed by atoms with Gasteiger partial charge in [0.1, 0.15) is 0 Å². The van der Waals surface area contributed by atoms with Gasteiger partial charge in [-0.25, -0.2) is 8.42 Å². The summed E-state index contributed by atoms with van der Waals surface area (Å²) in [6, 6.07) is 0. The van der Waals surface area contributed by atoms with Crippen LogP contribution < -0.4 is 0 Å². The summed E-state index contributed by atoms with van der Waals surface area (Å²) in [7, 11) is -2.91. The minimum absolute atomic E-state index is 0.0616. The first kappa shape index (κ1) is 11.6.